The smallest absolute Gasteiger partial charge is 0.259 e. The van der Waals surface area contributed by atoms with Crippen LogP contribution in [0.25, 0.3) is 0 Å². The number of carbonyl (C=O) groups is 1. The molecule has 7 nitrogen and oxygen atoms in total. The molecule has 0 aliphatic carbocycles. The fourth-order valence-electron chi connectivity index (χ4n) is 3.16. The Morgan fingerprint density at radius 2 is 2.07 bits per heavy atom. The van der Waals surface area contributed by atoms with Crippen LogP contribution in [0.3, 0.4) is 0 Å². The molecule has 27 heavy (non-hydrogen) atoms. The van der Waals surface area contributed by atoms with Gasteiger partial charge < -0.3 is 10.0 Å². The maximum atomic E-state index is 13.2. The van der Waals surface area contributed by atoms with Crippen LogP contribution >= 0.6 is 11.3 Å². The van der Waals surface area contributed by atoms with Gasteiger partial charge in [-0.25, -0.2) is 9.37 Å². The number of pyridine rings is 1. The van der Waals surface area contributed by atoms with Gasteiger partial charge in [0.05, 0.1) is 17.7 Å². The highest BCUT2D eigenvalue weighted by molar-refractivity contribution is 7.13. The van der Waals surface area contributed by atoms with Crippen molar-refractivity contribution in [3.8, 4) is 0 Å². The van der Waals surface area contributed by atoms with Crippen LogP contribution in [0.4, 0.5) is 15.3 Å². The molecule has 3 heterocycles. The Morgan fingerprint density at radius 3 is 2.74 bits per heavy atom. The molecule has 0 saturated carbocycles. The number of hydrogen-bond donors (Lipinski definition) is 2. The highest BCUT2D eigenvalue weighted by Gasteiger charge is 2.33. The summed E-state index contributed by atoms with van der Waals surface area (Å²) in [7, 11) is 0. The van der Waals surface area contributed by atoms with Gasteiger partial charge >= 0.3 is 0 Å². The molecule has 4 rings (SSSR count). The predicted molar refractivity (Wildman–Crippen MR) is 99.2 cm³/mol. The Bertz CT molecular complexity index is 918. The van der Waals surface area contributed by atoms with Gasteiger partial charge in [0.25, 0.3) is 5.91 Å². The summed E-state index contributed by atoms with van der Waals surface area (Å²) < 4.78 is 13.2. The lowest BCUT2D eigenvalue weighted by Gasteiger charge is -2.25. The fourth-order valence-corrected chi connectivity index (χ4v) is 3.60. The first-order valence-corrected chi connectivity index (χ1v) is 9.22. The monoisotopic (exact) mass is 385 g/mol. The molecule has 2 aromatic heterocycles. The van der Waals surface area contributed by atoms with Gasteiger partial charge in [0.2, 0.25) is 5.13 Å². The van der Waals surface area contributed by atoms with E-state index in [9.17, 15) is 14.3 Å². The van der Waals surface area contributed by atoms with Gasteiger partial charge in [0.15, 0.2) is 0 Å². The van der Waals surface area contributed by atoms with Crippen LogP contribution in [0.2, 0.25) is 0 Å². The first-order chi connectivity index (χ1) is 13.1. The lowest BCUT2D eigenvalue weighted by atomic mass is 10.0. The van der Waals surface area contributed by atoms with Crippen molar-refractivity contribution in [2.75, 3.05) is 16.8 Å². The summed E-state index contributed by atoms with van der Waals surface area (Å²) in [6, 6.07) is 9.56. The van der Waals surface area contributed by atoms with Gasteiger partial charge in [-0.1, -0.05) is 23.5 Å². The van der Waals surface area contributed by atoms with E-state index in [0.29, 0.717) is 29.5 Å². The Morgan fingerprint density at radius 1 is 1.26 bits per heavy atom. The summed E-state index contributed by atoms with van der Waals surface area (Å²) in [4.78, 5) is 18.6. The molecule has 0 bridgehead atoms. The number of nitrogens with zero attached hydrogens (tertiary/aromatic N) is 4. The standard InChI is InChI=1S/C18H16FN5O2S/c19-13-4-1-11(2-5-13)15-7-14(25)9-24(15)16-6-3-12(8-20-16)17(26)22-18-23-21-10-27-18/h1-6,8,10,14-15,25H,7,9H2,(H,22,23,26)/t14-,15-/m0/s1. The Kier molecular flexibility index (Phi) is 4.78. The van der Waals surface area contributed by atoms with E-state index in [1.165, 1.54) is 35.2 Å². The molecule has 3 aromatic rings. The van der Waals surface area contributed by atoms with E-state index < -0.39 is 6.10 Å². The van der Waals surface area contributed by atoms with Gasteiger partial charge in [-0.15, -0.1) is 10.2 Å². The van der Waals surface area contributed by atoms with Crippen molar-refractivity contribution in [3.63, 3.8) is 0 Å². The Hall–Kier alpha value is -2.91. The van der Waals surface area contributed by atoms with E-state index in [2.05, 4.69) is 20.5 Å². The molecule has 1 fully saturated rings. The zero-order valence-corrected chi connectivity index (χ0v) is 14.9. The molecule has 1 saturated heterocycles. The number of aliphatic hydroxyl groups excluding tert-OH is 1. The quantitative estimate of drug-likeness (QED) is 0.717. The number of amides is 1. The molecule has 1 aliphatic rings. The van der Waals surface area contributed by atoms with Gasteiger partial charge in [-0.3, -0.25) is 10.1 Å². The van der Waals surface area contributed by atoms with Gasteiger partial charge in [0.1, 0.15) is 17.1 Å². The first-order valence-electron chi connectivity index (χ1n) is 8.34. The molecule has 138 valence electrons. The zero-order valence-electron chi connectivity index (χ0n) is 14.1. The van der Waals surface area contributed by atoms with Crippen LogP contribution in [0.15, 0.2) is 48.1 Å². The highest BCUT2D eigenvalue weighted by atomic mass is 32.1. The molecule has 1 amide bonds. The molecular formula is C18H16FN5O2S. The molecule has 0 radical (unpaired) electrons. The number of carbonyl (C=O) groups excluding carboxylic acids is 1. The molecule has 0 unspecified atom stereocenters. The molecule has 2 N–H and O–H groups in total. The zero-order chi connectivity index (χ0) is 18.8. The Balaban J connectivity index is 1.53. The van der Waals surface area contributed by atoms with Crippen molar-refractivity contribution in [3.05, 3.63) is 65.0 Å². The Labute approximate surface area is 158 Å². The minimum Gasteiger partial charge on any atom is -0.391 e. The lowest BCUT2D eigenvalue weighted by Crippen LogP contribution is -2.25. The van der Waals surface area contributed by atoms with E-state index in [4.69, 9.17) is 0 Å². The van der Waals surface area contributed by atoms with Crippen LogP contribution in [0.1, 0.15) is 28.4 Å². The van der Waals surface area contributed by atoms with Crippen LogP contribution in [-0.4, -0.2) is 38.8 Å². The van der Waals surface area contributed by atoms with Crippen LogP contribution in [0, 0.1) is 5.82 Å². The highest BCUT2D eigenvalue weighted by Crippen LogP contribution is 2.35. The summed E-state index contributed by atoms with van der Waals surface area (Å²) in [6.45, 7) is 0.422. The van der Waals surface area contributed by atoms with Crippen LogP contribution in [-0.2, 0) is 0 Å². The number of hydrogen-bond acceptors (Lipinski definition) is 7. The number of benzene rings is 1. The van der Waals surface area contributed by atoms with Gasteiger partial charge in [-0.2, -0.15) is 0 Å². The van der Waals surface area contributed by atoms with E-state index in [1.54, 1.807) is 24.3 Å². The number of aromatic nitrogens is 3. The molecule has 1 aromatic carbocycles. The average molecular weight is 385 g/mol. The third-order valence-corrected chi connectivity index (χ3v) is 5.03. The maximum Gasteiger partial charge on any atom is 0.259 e. The summed E-state index contributed by atoms with van der Waals surface area (Å²) >= 11 is 1.23. The van der Waals surface area contributed by atoms with Crippen molar-refractivity contribution in [2.24, 2.45) is 0 Å². The third kappa shape index (κ3) is 3.79. The number of nitrogens with one attached hydrogen (secondary N) is 1. The largest absolute Gasteiger partial charge is 0.391 e. The molecular weight excluding hydrogens is 369 g/mol. The van der Waals surface area contributed by atoms with E-state index in [1.807, 2.05) is 4.90 Å². The number of aliphatic hydroxyl groups is 1. The molecule has 9 heteroatoms. The molecule has 0 spiro atoms. The maximum absolute atomic E-state index is 13.2. The van der Waals surface area contributed by atoms with E-state index in [0.717, 1.165) is 5.56 Å². The minimum absolute atomic E-state index is 0.103. The van der Waals surface area contributed by atoms with Gasteiger partial charge in [-0.05, 0) is 36.2 Å². The number of halogens is 1. The first kappa shape index (κ1) is 17.5. The van der Waals surface area contributed by atoms with Crippen molar-refractivity contribution < 1.29 is 14.3 Å². The average Bonchev–Trinajstić information content (AvgIpc) is 3.32. The third-order valence-electron chi connectivity index (χ3n) is 4.42. The normalized spacial score (nSPS) is 19.3. The lowest BCUT2D eigenvalue weighted by molar-refractivity contribution is 0.102. The molecule has 2 atom stereocenters. The van der Waals surface area contributed by atoms with Crippen molar-refractivity contribution in [2.45, 2.75) is 18.6 Å². The summed E-state index contributed by atoms with van der Waals surface area (Å²) in [5.41, 5.74) is 2.84. The summed E-state index contributed by atoms with van der Waals surface area (Å²) in [6.07, 6.45) is 1.52. The second-order valence-electron chi connectivity index (χ2n) is 6.21. The summed E-state index contributed by atoms with van der Waals surface area (Å²) in [5, 5.41) is 20.6. The van der Waals surface area contributed by atoms with Crippen molar-refractivity contribution in [1.29, 1.82) is 0 Å². The molecule has 1 aliphatic heterocycles. The van der Waals surface area contributed by atoms with Crippen LogP contribution < -0.4 is 10.2 Å². The number of anilines is 2. The second kappa shape index (κ2) is 7.37. The topological polar surface area (TPSA) is 91.2 Å². The fraction of sp³-hybridized carbons (Fsp3) is 0.222. The van der Waals surface area contributed by atoms with Crippen molar-refractivity contribution >= 4 is 28.2 Å². The minimum atomic E-state index is -0.498. The second-order valence-corrected chi connectivity index (χ2v) is 7.05. The number of β-amino-alcohol motifs (C(OH)–C–C–N with tert-alkyl or cyclic N) is 1. The summed E-state index contributed by atoms with van der Waals surface area (Å²) in [5.74, 6) is 0.0310. The van der Waals surface area contributed by atoms with E-state index in [-0.39, 0.29) is 17.8 Å². The van der Waals surface area contributed by atoms with Gasteiger partial charge in [0, 0.05) is 12.7 Å². The SMILES string of the molecule is O=C(Nc1nncs1)c1ccc(N2C[C@@H](O)C[C@H]2c2ccc(F)cc2)nc1. The number of rotatable bonds is 4. The van der Waals surface area contributed by atoms with E-state index >= 15 is 0 Å². The van der Waals surface area contributed by atoms with Crippen molar-refractivity contribution in [1.82, 2.24) is 15.2 Å². The predicted octanol–water partition coefficient (Wildman–Crippen LogP) is 2.64. The van der Waals surface area contributed by atoms with Crippen LogP contribution in [0.5, 0.6) is 0 Å².